The molecule has 0 aliphatic carbocycles. The predicted octanol–water partition coefficient (Wildman–Crippen LogP) is 3.12. The predicted molar refractivity (Wildman–Crippen MR) is 95.1 cm³/mol. The summed E-state index contributed by atoms with van der Waals surface area (Å²) in [5, 5.41) is 10.7. The minimum Gasteiger partial charge on any atom is -0.449 e. The molecule has 26 heavy (non-hydrogen) atoms. The number of benzene rings is 2. The molecule has 3 rings (SSSR count). The Labute approximate surface area is 150 Å². The van der Waals surface area contributed by atoms with Crippen LogP contribution in [-0.4, -0.2) is 28.9 Å². The topological polar surface area (TPSA) is 89.8 Å². The van der Waals surface area contributed by atoms with Crippen LogP contribution < -0.4 is 4.90 Å². The van der Waals surface area contributed by atoms with Crippen molar-refractivity contribution < 1.29 is 19.2 Å². The van der Waals surface area contributed by atoms with E-state index in [2.05, 4.69) is 0 Å². The molecule has 134 valence electrons. The van der Waals surface area contributed by atoms with E-state index < -0.39 is 17.0 Å². The van der Waals surface area contributed by atoms with Crippen molar-refractivity contribution in [3.05, 3.63) is 69.8 Å². The maximum Gasteiger partial charge on any atom is 0.338 e. The highest BCUT2D eigenvalue weighted by molar-refractivity contribution is 6.00. The molecule has 0 N–H and O–H groups in total. The maximum atomic E-state index is 12.8. The first-order chi connectivity index (χ1) is 12.4. The molecule has 0 spiro atoms. The van der Waals surface area contributed by atoms with Crippen molar-refractivity contribution in [3.63, 3.8) is 0 Å². The molecule has 0 unspecified atom stereocenters. The Balaban J connectivity index is 1.71. The first-order valence-corrected chi connectivity index (χ1v) is 8.25. The van der Waals surface area contributed by atoms with Crippen molar-refractivity contribution in [2.75, 3.05) is 4.90 Å². The number of hydrogen-bond donors (Lipinski definition) is 0. The zero-order valence-corrected chi connectivity index (χ0v) is 14.4. The molecule has 1 aliphatic heterocycles. The van der Waals surface area contributed by atoms with Crippen LogP contribution in [0.15, 0.2) is 48.5 Å². The zero-order valence-electron chi connectivity index (χ0n) is 14.4. The molecule has 0 fully saturated rings. The summed E-state index contributed by atoms with van der Waals surface area (Å²) in [6, 6.07) is 12.7. The molecule has 2 atom stereocenters. The van der Waals surface area contributed by atoms with E-state index in [1.54, 1.807) is 4.90 Å². The summed E-state index contributed by atoms with van der Waals surface area (Å²) < 4.78 is 5.27. The van der Waals surface area contributed by atoms with Crippen LogP contribution in [0.5, 0.6) is 0 Å². The third-order valence-corrected chi connectivity index (χ3v) is 4.39. The second-order valence-corrected chi connectivity index (χ2v) is 6.24. The lowest BCUT2D eigenvalue weighted by Gasteiger charge is -2.25. The lowest BCUT2D eigenvalue weighted by atomic mass is 10.1. The van der Waals surface area contributed by atoms with E-state index in [4.69, 9.17) is 4.74 Å². The van der Waals surface area contributed by atoms with Gasteiger partial charge in [-0.2, -0.15) is 0 Å². The van der Waals surface area contributed by atoms with Crippen molar-refractivity contribution in [1.29, 1.82) is 0 Å². The number of non-ortho nitro benzene ring substituents is 1. The van der Waals surface area contributed by atoms with Gasteiger partial charge in [0.1, 0.15) is 0 Å². The van der Waals surface area contributed by atoms with E-state index in [1.165, 1.54) is 31.2 Å². The minimum atomic E-state index is -0.966. The number of amides is 1. The van der Waals surface area contributed by atoms with Gasteiger partial charge in [-0.15, -0.1) is 0 Å². The third-order valence-electron chi connectivity index (χ3n) is 4.39. The number of hydrogen-bond acceptors (Lipinski definition) is 5. The molecule has 1 amide bonds. The molecule has 1 aliphatic rings. The van der Waals surface area contributed by atoms with Crippen molar-refractivity contribution in [2.24, 2.45) is 0 Å². The third kappa shape index (κ3) is 3.28. The van der Waals surface area contributed by atoms with Crippen LogP contribution in [0, 0.1) is 10.1 Å². The second kappa shape index (κ2) is 6.95. The standard InChI is InChI=1S/C19H18N2O5/c1-12-11-15-5-3-4-6-17(15)20(12)18(22)13(2)26-19(23)14-7-9-16(10-8-14)21(24)25/h3-10,12-13H,11H2,1-2H3/t12-,13-/m1/s1. The van der Waals surface area contributed by atoms with E-state index in [0.29, 0.717) is 0 Å². The van der Waals surface area contributed by atoms with Gasteiger partial charge < -0.3 is 9.64 Å². The number of para-hydroxylation sites is 1. The monoisotopic (exact) mass is 354 g/mol. The fourth-order valence-electron chi connectivity index (χ4n) is 3.10. The largest absolute Gasteiger partial charge is 0.449 e. The molecular formula is C19H18N2O5. The number of nitro benzene ring substituents is 1. The van der Waals surface area contributed by atoms with Crippen molar-refractivity contribution >= 4 is 23.3 Å². The summed E-state index contributed by atoms with van der Waals surface area (Å²) in [5.74, 6) is -0.987. The number of rotatable bonds is 4. The van der Waals surface area contributed by atoms with Gasteiger partial charge in [0, 0.05) is 23.9 Å². The Morgan fingerprint density at radius 3 is 2.50 bits per heavy atom. The van der Waals surface area contributed by atoms with Gasteiger partial charge in [0.15, 0.2) is 6.10 Å². The summed E-state index contributed by atoms with van der Waals surface area (Å²) in [4.78, 5) is 36.8. The lowest BCUT2D eigenvalue weighted by Crippen LogP contribution is -2.43. The average Bonchev–Trinajstić information content (AvgIpc) is 2.96. The first kappa shape index (κ1) is 17.6. The van der Waals surface area contributed by atoms with Crippen molar-refractivity contribution in [1.82, 2.24) is 0 Å². The average molecular weight is 354 g/mol. The summed E-state index contributed by atoms with van der Waals surface area (Å²) in [6.45, 7) is 3.47. The highest BCUT2D eigenvalue weighted by Crippen LogP contribution is 2.32. The maximum absolute atomic E-state index is 12.8. The summed E-state index contributed by atoms with van der Waals surface area (Å²) in [6.07, 6.45) is -0.211. The van der Waals surface area contributed by atoms with Gasteiger partial charge in [0.25, 0.3) is 11.6 Å². The second-order valence-electron chi connectivity index (χ2n) is 6.24. The number of fused-ring (bicyclic) bond motifs is 1. The van der Waals surface area contributed by atoms with Crippen LogP contribution in [0.2, 0.25) is 0 Å². The summed E-state index contributed by atoms with van der Waals surface area (Å²) >= 11 is 0. The molecule has 0 bridgehead atoms. The van der Waals surface area contributed by atoms with Gasteiger partial charge in [-0.3, -0.25) is 14.9 Å². The van der Waals surface area contributed by atoms with E-state index in [-0.39, 0.29) is 23.2 Å². The lowest BCUT2D eigenvalue weighted by molar-refractivity contribution is -0.384. The number of anilines is 1. The quantitative estimate of drug-likeness (QED) is 0.478. The summed E-state index contributed by atoms with van der Waals surface area (Å²) in [7, 11) is 0. The van der Waals surface area contributed by atoms with Crippen LogP contribution in [0.1, 0.15) is 29.8 Å². The first-order valence-electron chi connectivity index (χ1n) is 8.25. The number of carbonyl (C=O) groups excluding carboxylic acids is 2. The van der Waals surface area contributed by atoms with E-state index >= 15 is 0 Å². The molecule has 1 heterocycles. The highest BCUT2D eigenvalue weighted by Gasteiger charge is 2.34. The van der Waals surface area contributed by atoms with E-state index in [1.807, 2.05) is 31.2 Å². The van der Waals surface area contributed by atoms with Crippen LogP contribution in [0.4, 0.5) is 11.4 Å². The van der Waals surface area contributed by atoms with Gasteiger partial charge in [-0.25, -0.2) is 4.79 Å². The Morgan fingerprint density at radius 2 is 1.85 bits per heavy atom. The molecule has 0 saturated carbocycles. The number of nitro groups is 1. The Kier molecular flexibility index (Phi) is 4.71. The van der Waals surface area contributed by atoms with Gasteiger partial charge >= 0.3 is 5.97 Å². The molecule has 2 aromatic carbocycles. The number of carbonyl (C=O) groups is 2. The fraction of sp³-hybridized carbons (Fsp3) is 0.263. The van der Waals surface area contributed by atoms with Crippen LogP contribution in [0.25, 0.3) is 0 Å². The van der Waals surface area contributed by atoms with Gasteiger partial charge in [-0.1, -0.05) is 18.2 Å². The Morgan fingerprint density at radius 1 is 1.19 bits per heavy atom. The van der Waals surface area contributed by atoms with Gasteiger partial charge in [0.05, 0.1) is 10.5 Å². The molecule has 0 radical (unpaired) electrons. The zero-order chi connectivity index (χ0) is 18.8. The van der Waals surface area contributed by atoms with Crippen LogP contribution in [-0.2, 0) is 16.0 Å². The number of esters is 1. The minimum absolute atomic E-state index is 0.0135. The van der Waals surface area contributed by atoms with Gasteiger partial charge in [0.2, 0.25) is 0 Å². The Bertz CT molecular complexity index is 862. The van der Waals surface area contributed by atoms with Crippen molar-refractivity contribution in [3.8, 4) is 0 Å². The van der Waals surface area contributed by atoms with E-state index in [0.717, 1.165) is 17.7 Å². The molecule has 2 aromatic rings. The van der Waals surface area contributed by atoms with Crippen molar-refractivity contribution in [2.45, 2.75) is 32.4 Å². The summed E-state index contributed by atoms with van der Waals surface area (Å²) in [5.41, 5.74) is 1.96. The molecule has 0 aromatic heterocycles. The highest BCUT2D eigenvalue weighted by atomic mass is 16.6. The number of ether oxygens (including phenoxy) is 1. The van der Waals surface area contributed by atoms with E-state index in [9.17, 15) is 19.7 Å². The normalized spacial score (nSPS) is 16.7. The number of nitrogens with zero attached hydrogens (tertiary/aromatic N) is 2. The fourth-order valence-corrected chi connectivity index (χ4v) is 3.10. The SMILES string of the molecule is C[C@@H]1Cc2ccccc2N1C(=O)[C@@H](C)OC(=O)c1ccc([N+](=O)[O-])cc1. The molecular weight excluding hydrogens is 336 g/mol. The molecule has 7 heteroatoms. The van der Waals surface area contributed by atoms with Crippen LogP contribution >= 0.6 is 0 Å². The molecule has 0 saturated heterocycles. The van der Waals surface area contributed by atoms with Crippen LogP contribution in [0.3, 0.4) is 0 Å². The molecule has 7 nitrogen and oxygen atoms in total. The van der Waals surface area contributed by atoms with Gasteiger partial charge in [-0.05, 0) is 44.0 Å². The smallest absolute Gasteiger partial charge is 0.338 e. The Hall–Kier alpha value is -3.22.